The second-order valence-corrected chi connectivity index (χ2v) is 7.06. The average Bonchev–Trinajstić information content (AvgIpc) is 2.88. The van der Waals surface area contributed by atoms with Crippen LogP contribution in [0.1, 0.15) is 38.7 Å². The summed E-state index contributed by atoms with van der Waals surface area (Å²) in [5.41, 5.74) is 1.49. The van der Waals surface area contributed by atoms with E-state index in [0.29, 0.717) is 5.78 Å². The molecular weight excluding hydrogens is 260 g/mol. The molecule has 0 radical (unpaired) electrons. The van der Waals surface area contributed by atoms with E-state index in [2.05, 4.69) is 54.0 Å². The highest BCUT2D eigenvalue weighted by atomic mass is 16.1. The van der Waals surface area contributed by atoms with Crippen LogP contribution in [-0.2, 0) is 11.3 Å². The van der Waals surface area contributed by atoms with Gasteiger partial charge in [0.25, 0.3) is 0 Å². The molecule has 1 atom stereocenters. The van der Waals surface area contributed by atoms with Gasteiger partial charge in [-0.25, -0.2) is 0 Å². The summed E-state index contributed by atoms with van der Waals surface area (Å²) in [6, 6.07) is 10.9. The molecule has 0 spiro atoms. The first-order valence-corrected chi connectivity index (χ1v) is 8.12. The molecule has 1 aromatic rings. The van der Waals surface area contributed by atoms with Gasteiger partial charge >= 0.3 is 0 Å². The molecular formula is C18H26N2O. The third kappa shape index (κ3) is 3.19. The van der Waals surface area contributed by atoms with E-state index in [0.717, 1.165) is 45.4 Å². The van der Waals surface area contributed by atoms with Crippen molar-refractivity contribution in [1.82, 2.24) is 9.80 Å². The summed E-state index contributed by atoms with van der Waals surface area (Å²) in [6.07, 6.45) is 2.93. The number of carbonyl (C=O) groups excluding carboxylic acids is 1. The van der Waals surface area contributed by atoms with E-state index in [1.165, 1.54) is 5.56 Å². The van der Waals surface area contributed by atoms with Gasteiger partial charge in [0, 0.05) is 38.1 Å². The third-order valence-electron chi connectivity index (χ3n) is 5.03. The standard InChI is InChI=1S/C18H26N2O/c1-18(2)14-19(16-9-6-10-17(16)21)11-12-20(18)13-15-7-4-3-5-8-15/h3-5,7-8,16H,6,9-14H2,1-2H3. The monoisotopic (exact) mass is 286 g/mol. The third-order valence-corrected chi connectivity index (χ3v) is 5.03. The Morgan fingerprint density at radius 3 is 2.57 bits per heavy atom. The van der Waals surface area contributed by atoms with Gasteiger partial charge in [0.15, 0.2) is 0 Å². The molecule has 1 unspecified atom stereocenters. The summed E-state index contributed by atoms with van der Waals surface area (Å²) in [5, 5.41) is 0. The molecule has 0 aromatic heterocycles. The van der Waals surface area contributed by atoms with E-state index in [1.807, 2.05) is 0 Å². The second kappa shape index (κ2) is 5.90. The lowest BCUT2D eigenvalue weighted by atomic mass is 9.96. The largest absolute Gasteiger partial charge is 0.298 e. The highest BCUT2D eigenvalue weighted by Gasteiger charge is 2.39. The lowest BCUT2D eigenvalue weighted by Gasteiger charge is -2.48. The Labute approximate surface area is 127 Å². The molecule has 0 bridgehead atoms. The van der Waals surface area contributed by atoms with Gasteiger partial charge in [0.1, 0.15) is 5.78 Å². The number of benzene rings is 1. The fraction of sp³-hybridized carbons (Fsp3) is 0.611. The molecule has 3 nitrogen and oxygen atoms in total. The topological polar surface area (TPSA) is 23.6 Å². The summed E-state index contributed by atoms with van der Waals surface area (Å²) >= 11 is 0. The van der Waals surface area contributed by atoms with E-state index in [-0.39, 0.29) is 11.6 Å². The zero-order valence-corrected chi connectivity index (χ0v) is 13.2. The number of piperazine rings is 1. The Kier molecular flexibility index (Phi) is 4.14. The molecule has 114 valence electrons. The van der Waals surface area contributed by atoms with Crippen LogP contribution in [0.4, 0.5) is 0 Å². The maximum atomic E-state index is 12.0. The number of carbonyl (C=O) groups is 1. The van der Waals surface area contributed by atoms with Crippen molar-refractivity contribution in [2.24, 2.45) is 0 Å². The van der Waals surface area contributed by atoms with Gasteiger partial charge < -0.3 is 0 Å². The molecule has 0 amide bonds. The Hall–Kier alpha value is -1.19. The maximum Gasteiger partial charge on any atom is 0.149 e. The van der Waals surface area contributed by atoms with Crippen molar-refractivity contribution < 1.29 is 4.79 Å². The van der Waals surface area contributed by atoms with Gasteiger partial charge in [0.05, 0.1) is 6.04 Å². The Balaban J connectivity index is 1.66. The van der Waals surface area contributed by atoms with E-state index in [1.54, 1.807) is 0 Å². The van der Waals surface area contributed by atoms with Gasteiger partial charge in [-0.15, -0.1) is 0 Å². The number of hydrogen-bond donors (Lipinski definition) is 0. The number of nitrogens with zero attached hydrogens (tertiary/aromatic N) is 2. The number of rotatable bonds is 3. The van der Waals surface area contributed by atoms with E-state index >= 15 is 0 Å². The quantitative estimate of drug-likeness (QED) is 0.853. The summed E-state index contributed by atoms with van der Waals surface area (Å²) in [4.78, 5) is 17.0. The van der Waals surface area contributed by atoms with Crippen LogP contribution >= 0.6 is 0 Å². The first kappa shape index (κ1) is 14.7. The molecule has 3 heteroatoms. The van der Waals surface area contributed by atoms with Crippen molar-refractivity contribution >= 4 is 5.78 Å². The second-order valence-electron chi connectivity index (χ2n) is 7.06. The summed E-state index contributed by atoms with van der Waals surface area (Å²) in [5.74, 6) is 0.460. The van der Waals surface area contributed by atoms with Gasteiger partial charge in [-0.1, -0.05) is 30.3 Å². The Morgan fingerprint density at radius 2 is 1.95 bits per heavy atom. The number of Topliss-reactive ketones (excluding diaryl/α,β-unsaturated/α-hetero) is 1. The average molecular weight is 286 g/mol. The molecule has 21 heavy (non-hydrogen) atoms. The van der Waals surface area contributed by atoms with Crippen LogP contribution in [-0.4, -0.2) is 46.8 Å². The van der Waals surface area contributed by atoms with Crippen molar-refractivity contribution in [3.63, 3.8) is 0 Å². The van der Waals surface area contributed by atoms with Gasteiger partial charge in [-0.2, -0.15) is 0 Å². The predicted molar refractivity (Wildman–Crippen MR) is 85.2 cm³/mol. The molecule has 2 aliphatic rings. The molecule has 1 saturated heterocycles. The molecule has 1 aliphatic carbocycles. The van der Waals surface area contributed by atoms with Crippen LogP contribution in [0.5, 0.6) is 0 Å². The SMILES string of the molecule is CC1(C)CN(C2CCCC2=O)CCN1Cc1ccccc1. The van der Waals surface area contributed by atoms with Crippen LogP contribution < -0.4 is 0 Å². The maximum absolute atomic E-state index is 12.0. The van der Waals surface area contributed by atoms with E-state index < -0.39 is 0 Å². The minimum absolute atomic E-state index is 0.122. The number of hydrogen-bond acceptors (Lipinski definition) is 3. The minimum atomic E-state index is 0.122. The molecule has 1 aromatic carbocycles. The molecule has 2 fully saturated rings. The summed E-state index contributed by atoms with van der Waals surface area (Å²) in [6.45, 7) is 8.68. The highest BCUT2D eigenvalue weighted by molar-refractivity contribution is 5.85. The fourth-order valence-electron chi connectivity index (χ4n) is 3.77. The highest BCUT2D eigenvalue weighted by Crippen LogP contribution is 2.28. The molecule has 1 saturated carbocycles. The smallest absolute Gasteiger partial charge is 0.149 e. The van der Waals surface area contributed by atoms with Crippen molar-refractivity contribution in [3.05, 3.63) is 35.9 Å². The fourth-order valence-corrected chi connectivity index (χ4v) is 3.77. The van der Waals surface area contributed by atoms with Crippen molar-refractivity contribution in [3.8, 4) is 0 Å². The van der Waals surface area contributed by atoms with Crippen LogP contribution in [0.3, 0.4) is 0 Å². The Bertz CT molecular complexity index is 497. The van der Waals surface area contributed by atoms with E-state index in [9.17, 15) is 4.79 Å². The molecule has 1 heterocycles. The van der Waals surface area contributed by atoms with Crippen molar-refractivity contribution in [2.75, 3.05) is 19.6 Å². The summed E-state index contributed by atoms with van der Waals surface area (Å²) in [7, 11) is 0. The van der Waals surface area contributed by atoms with Gasteiger partial charge in [-0.3, -0.25) is 14.6 Å². The van der Waals surface area contributed by atoms with Crippen LogP contribution in [0.15, 0.2) is 30.3 Å². The first-order valence-electron chi connectivity index (χ1n) is 8.12. The predicted octanol–water partition coefficient (Wildman–Crippen LogP) is 2.70. The summed E-state index contributed by atoms with van der Waals surface area (Å²) < 4.78 is 0. The zero-order valence-electron chi connectivity index (χ0n) is 13.2. The molecule has 3 rings (SSSR count). The molecule has 1 aliphatic heterocycles. The lowest BCUT2D eigenvalue weighted by molar-refractivity contribution is -0.123. The minimum Gasteiger partial charge on any atom is -0.298 e. The Morgan fingerprint density at radius 1 is 1.19 bits per heavy atom. The van der Waals surface area contributed by atoms with Crippen molar-refractivity contribution in [2.45, 2.75) is 51.2 Å². The van der Waals surface area contributed by atoms with Gasteiger partial charge in [0.2, 0.25) is 0 Å². The van der Waals surface area contributed by atoms with Crippen LogP contribution in [0.25, 0.3) is 0 Å². The van der Waals surface area contributed by atoms with Gasteiger partial charge in [-0.05, 0) is 32.3 Å². The van der Waals surface area contributed by atoms with E-state index in [4.69, 9.17) is 0 Å². The van der Waals surface area contributed by atoms with Crippen LogP contribution in [0, 0.1) is 0 Å². The molecule has 0 N–H and O–H groups in total. The zero-order chi connectivity index (χ0) is 14.9. The number of ketones is 1. The normalized spacial score (nSPS) is 27.1. The first-order chi connectivity index (χ1) is 10.1. The van der Waals surface area contributed by atoms with Crippen LogP contribution in [0.2, 0.25) is 0 Å². The van der Waals surface area contributed by atoms with Crippen molar-refractivity contribution in [1.29, 1.82) is 0 Å². The lowest BCUT2D eigenvalue weighted by Crippen LogP contribution is -2.61.